The second kappa shape index (κ2) is 12.0. The molecule has 0 radical (unpaired) electrons. The topological polar surface area (TPSA) is 0 Å². The molecule has 2 aliphatic carbocycles. The van der Waals surface area contributed by atoms with Gasteiger partial charge >= 0.3 is 0 Å². The lowest BCUT2D eigenvalue weighted by Crippen LogP contribution is -2.30. The van der Waals surface area contributed by atoms with E-state index in [-0.39, 0.29) is 0 Å². The average molecular weight is 447 g/mol. The molecule has 0 N–H and O–H groups in total. The second-order valence-corrected chi connectivity index (χ2v) is 10.7. The van der Waals surface area contributed by atoms with Crippen LogP contribution < -0.4 is 0 Å². The summed E-state index contributed by atoms with van der Waals surface area (Å²) in [5.74, 6) is 10.3. The zero-order valence-electron chi connectivity index (χ0n) is 19.8. The van der Waals surface area contributed by atoms with Crippen molar-refractivity contribution in [2.75, 3.05) is 0 Å². The van der Waals surface area contributed by atoms with Crippen LogP contribution in [0, 0.1) is 29.6 Å². The van der Waals surface area contributed by atoms with E-state index < -0.39 is 0 Å². The highest BCUT2D eigenvalue weighted by molar-refractivity contribution is 6.30. The van der Waals surface area contributed by atoms with E-state index in [9.17, 15) is 0 Å². The summed E-state index contributed by atoms with van der Waals surface area (Å²) in [5.41, 5.74) is 3.63. The Morgan fingerprint density at radius 2 is 1.34 bits per heavy atom. The van der Waals surface area contributed by atoms with Crippen LogP contribution in [0.3, 0.4) is 0 Å². The Bertz CT molecular complexity index is 883. The molecule has 2 aromatic rings. The molecule has 0 saturated heterocycles. The monoisotopic (exact) mass is 446 g/mol. The first-order chi connectivity index (χ1) is 15.7. The lowest BCUT2D eigenvalue weighted by molar-refractivity contribution is 0.113. The summed E-state index contributed by atoms with van der Waals surface area (Å²) in [6.07, 6.45) is 17.4. The van der Waals surface area contributed by atoms with E-state index in [0.29, 0.717) is 0 Å². The molecule has 0 aliphatic heterocycles. The van der Waals surface area contributed by atoms with E-state index in [4.69, 9.17) is 11.6 Å². The van der Waals surface area contributed by atoms with Gasteiger partial charge in [-0.05, 0) is 97.7 Å². The molecule has 0 nitrogen and oxygen atoms in total. The molecule has 32 heavy (non-hydrogen) atoms. The smallest absolute Gasteiger partial charge is 0.0406 e. The van der Waals surface area contributed by atoms with Crippen LogP contribution in [0.5, 0.6) is 0 Å². The van der Waals surface area contributed by atoms with Crippen molar-refractivity contribution in [2.24, 2.45) is 17.8 Å². The normalized spacial score (nSPS) is 24.9. The van der Waals surface area contributed by atoms with E-state index in [1.807, 2.05) is 24.3 Å². The van der Waals surface area contributed by atoms with E-state index in [0.717, 1.165) is 39.8 Å². The van der Waals surface area contributed by atoms with Crippen LogP contribution in [-0.4, -0.2) is 0 Å². The third kappa shape index (κ3) is 6.65. The molecule has 4 unspecified atom stereocenters. The quantitative estimate of drug-likeness (QED) is 0.293. The third-order valence-corrected chi connectivity index (χ3v) is 8.27. The summed E-state index contributed by atoms with van der Waals surface area (Å²) in [4.78, 5) is 0. The predicted molar refractivity (Wildman–Crippen MR) is 138 cm³/mol. The first kappa shape index (κ1) is 23.4. The molecule has 0 heterocycles. The van der Waals surface area contributed by atoms with Crippen LogP contribution in [0.1, 0.15) is 107 Å². The number of rotatable bonds is 7. The minimum absolute atomic E-state index is 0.750. The Labute approximate surface area is 201 Å². The molecule has 0 aromatic heterocycles. The molecule has 4 atom stereocenters. The lowest BCUT2D eigenvalue weighted by atomic mass is 9.63. The van der Waals surface area contributed by atoms with Crippen molar-refractivity contribution in [1.29, 1.82) is 0 Å². The standard InChI is InChI=1S/C31H39Cl/c1-2-3-4-5-6-7-26-12-17-30-23-29(19-18-28(30)22-26)27-15-10-24(11-16-27)8-9-25-13-20-31(32)21-14-25/h10-11,13-16,20-21,26,28-30H,2-7,12,17-19,22-23H2,1H3. The summed E-state index contributed by atoms with van der Waals surface area (Å²) in [6, 6.07) is 16.8. The molecule has 0 spiro atoms. The van der Waals surface area contributed by atoms with Crippen molar-refractivity contribution in [3.63, 3.8) is 0 Å². The highest BCUT2D eigenvalue weighted by Gasteiger charge is 2.35. The summed E-state index contributed by atoms with van der Waals surface area (Å²) in [7, 11) is 0. The highest BCUT2D eigenvalue weighted by Crippen LogP contribution is 2.48. The zero-order valence-corrected chi connectivity index (χ0v) is 20.5. The third-order valence-electron chi connectivity index (χ3n) is 8.02. The van der Waals surface area contributed by atoms with Crippen LogP contribution >= 0.6 is 11.6 Å². The van der Waals surface area contributed by atoms with Gasteiger partial charge in [0, 0.05) is 16.1 Å². The summed E-state index contributed by atoms with van der Waals surface area (Å²) >= 11 is 5.96. The Kier molecular flexibility index (Phi) is 8.76. The van der Waals surface area contributed by atoms with Gasteiger partial charge in [0.1, 0.15) is 0 Å². The maximum atomic E-state index is 5.96. The van der Waals surface area contributed by atoms with Crippen LogP contribution in [0.15, 0.2) is 48.5 Å². The van der Waals surface area contributed by atoms with Crippen LogP contribution in [0.4, 0.5) is 0 Å². The van der Waals surface area contributed by atoms with Crippen molar-refractivity contribution >= 4 is 11.6 Å². The summed E-state index contributed by atoms with van der Waals surface area (Å²) in [5, 5.41) is 0.755. The number of halogens is 1. The van der Waals surface area contributed by atoms with Gasteiger partial charge in [-0.2, -0.15) is 0 Å². The Morgan fingerprint density at radius 3 is 2.06 bits per heavy atom. The van der Waals surface area contributed by atoms with Gasteiger partial charge in [0.05, 0.1) is 0 Å². The van der Waals surface area contributed by atoms with Gasteiger partial charge in [-0.25, -0.2) is 0 Å². The van der Waals surface area contributed by atoms with Crippen LogP contribution in [-0.2, 0) is 0 Å². The molecule has 2 fully saturated rings. The molecular formula is C31H39Cl. The van der Waals surface area contributed by atoms with Crippen LogP contribution in [0.2, 0.25) is 5.02 Å². The van der Waals surface area contributed by atoms with E-state index in [1.54, 1.807) is 0 Å². The van der Waals surface area contributed by atoms with Gasteiger partial charge in [0.25, 0.3) is 0 Å². The highest BCUT2D eigenvalue weighted by atomic mass is 35.5. The molecule has 1 heteroatoms. The maximum Gasteiger partial charge on any atom is 0.0406 e. The van der Waals surface area contributed by atoms with Crippen molar-refractivity contribution in [3.05, 3.63) is 70.2 Å². The number of benzene rings is 2. The van der Waals surface area contributed by atoms with E-state index in [1.165, 1.54) is 82.6 Å². The Morgan fingerprint density at radius 1 is 0.719 bits per heavy atom. The van der Waals surface area contributed by atoms with Gasteiger partial charge in [0.2, 0.25) is 0 Å². The molecule has 2 aliphatic rings. The number of unbranched alkanes of at least 4 members (excludes halogenated alkanes) is 4. The van der Waals surface area contributed by atoms with Gasteiger partial charge < -0.3 is 0 Å². The fraction of sp³-hybridized carbons (Fsp3) is 0.548. The summed E-state index contributed by atoms with van der Waals surface area (Å²) in [6.45, 7) is 2.31. The number of hydrogen-bond acceptors (Lipinski definition) is 0. The molecule has 0 bridgehead atoms. The van der Waals surface area contributed by atoms with Gasteiger partial charge in [-0.3, -0.25) is 0 Å². The van der Waals surface area contributed by atoms with Crippen molar-refractivity contribution < 1.29 is 0 Å². The van der Waals surface area contributed by atoms with Crippen molar-refractivity contribution in [1.82, 2.24) is 0 Å². The first-order valence-electron chi connectivity index (χ1n) is 13.1. The predicted octanol–water partition coefficient (Wildman–Crippen LogP) is 9.40. The van der Waals surface area contributed by atoms with Gasteiger partial charge in [-0.1, -0.05) is 87.4 Å². The van der Waals surface area contributed by atoms with Crippen molar-refractivity contribution in [3.8, 4) is 11.8 Å². The average Bonchev–Trinajstić information content (AvgIpc) is 2.83. The summed E-state index contributed by atoms with van der Waals surface area (Å²) < 4.78 is 0. The largest absolute Gasteiger partial charge is 0.0843 e. The minimum atomic E-state index is 0.750. The van der Waals surface area contributed by atoms with Gasteiger partial charge in [-0.15, -0.1) is 0 Å². The Hall–Kier alpha value is -1.71. The molecule has 2 saturated carbocycles. The maximum absolute atomic E-state index is 5.96. The fourth-order valence-corrected chi connectivity index (χ4v) is 6.23. The second-order valence-electron chi connectivity index (χ2n) is 10.3. The van der Waals surface area contributed by atoms with Gasteiger partial charge in [0.15, 0.2) is 0 Å². The molecule has 170 valence electrons. The first-order valence-corrected chi connectivity index (χ1v) is 13.5. The zero-order chi connectivity index (χ0) is 22.2. The fourth-order valence-electron chi connectivity index (χ4n) is 6.10. The van der Waals surface area contributed by atoms with E-state index in [2.05, 4.69) is 43.0 Å². The lowest BCUT2D eigenvalue weighted by Gasteiger charge is -2.42. The number of hydrogen-bond donors (Lipinski definition) is 0. The van der Waals surface area contributed by atoms with E-state index >= 15 is 0 Å². The molecule has 2 aromatic carbocycles. The van der Waals surface area contributed by atoms with Crippen molar-refractivity contribution in [2.45, 2.75) is 89.9 Å². The minimum Gasteiger partial charge on any atom is -0.0843 e. The Balaban J connectivity index is 1.26. The number of fused-ring (bicyclic) bond motifs is 1. The molecule has 4 rings (SSSR count). The molecule has 0 amide bonds. The SMILES string of the molecule is CCCCCCCC1CCC2CC(c3ccc(C#Cc4ccc(Cl)cc4)cc3)CCC2C1. The van der Waals surface area contributed by atoms with Crippen LogP contribution in [0.25, 0.3) is 0 Å². The molecular weight excluding hydrogens is 408 g/mol.